The maximum Gasteiger partial charge on any atom is 0.288 e. The van der Waals surface area contributed by atoms with Crippen molar-refractivity contribution in [3.63, 3.8) is 0 Å². The zero-order valence-corrected chi connectivity index (χ0v) is 10.9. The van der Waals surface area contributed by atoms with E-state index >= 15 is 0 Å². The van der Waals surface area contributed by atoms with Gasteiger partial charge in [-0.3, -0.25) is 10.1 Å². The average Bonchev–Trinajstić information content (AvgIpc) is 2.18. The fraction of sp³-hybridized carbons (Fsp3) is 0.333. The van der Waals surface area contributed by atoms with Crippen LogP contribution >= 0.6 is 10.7 Å². The zero-order valence-electron chi connectivity index (χ0n) is 9.31. The Bertz CT molecular complexity index is 409. The molecule has 0 atom stereocenters. The van der Waals surface area contributed by atoms with Crippen molar-refractivity contribution in [2.24, 2.45) is 0 Å². The molecule has 92 valence electrons. The van der Waals surface area contributed by atoms with E-state index in [1.54, 1.807) is 0 Å². The van der Waals surface area contributed by atoms with E-state index < -0.39 is 24.6 Å². The van der Waals surface area contributed by atoms with Gasteiger partial charge in [-0.05, 0) is 6.92 Å². The molecule has 0 N–H and O–H groups in total. The molecule has 0 bridgehead atoms. The van der Waals surface area contributed by atoms with Crippen LogP contribution in [0, 0.1) is 10.1 Å². The van der Waals surface area contributed by atoms with Crippen LogP contribution in [0.25, 0.3) is 0 Å². The molecule has 0 saturated heterocycles. The third-order valence-electron chi connectivity index (χ3n) is 1.25. The third-order valence-corrected chi connectivity index (χ3v) is 2.72. The maximum absolute atomic E-state index is 10.9. The SMILES string of the molecule is C=C/C=C(\C(=C/C)S(=O)(=O)Cl)[N+](=O)[O-].CC. The molecule has 0 rings (SSSR count). The van der Waals surface area contributed by atoms with Crippen molar-refractivity contribution in [3.8, 4) is 0 Å². The summed E-state index contributed by atoms with van der Waals surface area (Å²) < 4.78 is 21.8. The number of halogens is 1. The number of rotatable bonds is 4. The summed E-state index contributed by atoms with van der Waals surface area (Å²) in [7, 11) is 0.892. The summed E-state index contributed by atoms with van der Waals surface area (Å²) in [6.45, 7) is 8.58. The summed E-state index contributed by atoms with van der Waals surface area (Å²) in [5.74, 6) is 0. The normalized spacial score (nSPS) is 12.5. The molecule has 0 heterocycles. The number of nitro groups is 1. The third kappa shape index (κ3) is 5.67. The molecule has 0 aromatic heterocycles. The smallest absolute Gasteiger partial charge is 0.258 e. The summed E-state index contributed by atoms with van der Waals surface area (Å²) in [6, 6.07) is 0. The first kappa shape index (κ1) is 17.3. The van der Waals surface area contributed by atoms with Gasteiger partial charge in [0.15, 0.2) is 4.91 Å². The van der Waals surface area contributed by atoms with Crippen molar-refractivity contribution in [1.82, 2.24) is 0 Å². The van der Waals surface area contributed by atoms with E-state index in [1.165, 1.54) is 6.92 Å². The highest BCUT2D eigenvalue weighted by atomic mass is 35.7. The number of hydrogen-bond acceptors (Lipinski definition) is 4. The van der Waals surface area contributed by atoms with Crippen LogP contribution in [0.2, 0.25) is 0 Å². The molecule has 0 amide bonds. The van der Waals surface area contributed by atoms with Crippen LogP contribution < -0.4 is 0 Å². The Balaban J connectivity index is 0. The van der Waals surface area contributed by atoms with Crippen molar-refractivity contribution >= 4 is 19.7 Å². The Kier molecular flexibility index (Phi) is 8.70. The van der Waals surface area contributed by atoms with Gasteiger partial charge in [0.2, 0.25) is 0 Å². The van der Waals surface area contributed by atoms with Gasteiger partial charge in [-0.25, -0.2) is 8.42 Å². The molecule has 0 fully saturated rings. The minimum atomic E-state index is -4.11. The van der Waals surface area contributed by atoms with Crippen LogP contribution in [0.15, 0.2) is 35.4 Å². The van der Waals surface area contributed by atoms with Gasteiger partial charge in [0.05, 0.1) is 4.92 Å². The predicted molar refractivity (Wildman–Crippen MR) is 65.2 cm³/mol. The first-order chi connectivity index (χ1) is 7.34. The Labute approximate surface area is 99.7 Å². The topological polar surface area (TPSA) is 77.3 Å². The lowest BCUT2D eigenvalue weighted by Crippen LogP contribution is -2.07. The Morgan fingerprint density at radius 2 is 1.88 bits per heavy atom. The Hall–Kier alpha value is -1.14. The summed E-state index contributed by atoms with van der Waals surface area (Å²) in [4.78, 5) is 9.09. The van der Waals surface area contributed by atoms with Gasteiger partial charge < -0.3 is 0 Å². The molecule has 16 heavy (non-hydrogen) atoms. The molecular formula is C9H14ClNO4S. The summed E-state index contributed by atoms with van der Waals surface area (Å²) >= 11 is 0. The minimum Gasteiger partial charge on any atom is -0.258 e. The van der Waals surface area contributed by atoms with E-state index in [4.69, 9.17) is 10.7 Å². The van der Waals surface area contributed by atoms with Crippen molar-refractivity contribution in [2.45, 2.75) is 20.8 Å². The second kappa shape index (κ2) is 8.06. The quantitative estimate of drug-likeness (QED) is 0.340. The number of hydrogen-bond donors (Lipinski definition) is 0. The zero-order chi connectivity index (χ0) is 13.4. The summed E-state index contributed by atoms with van der Waals surface area (Å²) in [6.07, 6.45) is 3.14. The van der Waals surface area contributed by atoms with Gasteiger partial charge in [-0.2, -0.15) is 0 Å². The molecule has 0 aromatic rings. The molecule has 0 aromatic carbocycles. The second-order valence-corrected chi connectivity index (χ2v) is 4.67. The lowest BCUT2D eigenvalue weighted by Gasteiger charge is -1.98. The highest BCUT2D eigenvalue weighted by Crippen LogP contribution is 2.21. The van der Waals surface area contributed by atoms with Gasteiger partial charge in [-0.1, -0.05) is 32.6 Å². The molecule has 0 aliphatic heterocycles. The minimum absolute atomic E-state index is 0.538. The number of allylic oxidation sites excluding steroid dienone is 3. The van der Waals surface area contributed by atoms with Crippen LogP contribution in [0.4, 0.5) is 0 Å². The first-order valence-electron chi connectivity index (χ1n) is 4.43. The Morgan fingerprint density at radius 3 is 2.06 bits per heavy atom. The summed E-state index contributed by atoms with van der Waals surface area (Å²) in [5.41, 5.74) is -0.600. The molecule has 0 spiro atoms. The standard InChI is InChI=1S/C7H8ClNO4S.C2H6/c1-3-5-6(9(10)11)7(4-2)14(8,12)13;1-2/h3-5H,1H2,2H3;1-2H3/b6-5+,7-4+;. The van der Waals surface area contributed by atoms with Crippen molar-refractivity contribution in [3.05, 3.63) is 45.5 Å². The lowest BCUT2D eigenvalue weighted by molar-refractivity contribution is -0.419. The predicted octanol–water partition coefficient (Wildman–Crippen LogP) is 2.83. The van der Waals surface area contributed by atoms with Gasteiger partial charge in [0.25, 0.3) is 14.7 Å². The van der Waals surface area contributed by atoms with E-state index in [0.717, 1.165) is 18.2 Å². The van der Waals surface area contributed by atoms with Crippen LogP contribution in [-0.2, 0) is 9.05 Å². The van der Waals surface area contributed by atoms with Gasteiger partial charge in [0.1, 0.15) is 0 Å². The fourth-order valence-electron chi connectivity index (χ4n) is 0.758. The van der Waals surface area contributed by atoms with E-state index in [0.29, 0.717) is 0 Å². The largest absolute Gasteiger partial charge is 0.288 e. The Morgan fingerprint density at radius 1 is 1.44 bits per heavy atom. The molecule has 0 aliphatic rings. The maximum atomic E-state index is 10.9. The first-order valence-corrected chi connectivity index (χ1v) is 6.74. The molecular weight excluding hydrogens is 254 g/mol. The van der Waals surface area contributed by atoms with Gasteiger partial charge in [-0.15, -0.1) is 0 Å². The fourth-order valence-corrected chi connectivity index (χ4v) is 1.94. The highest BCUT2D eigenvalue weighted by molar-refractivity contribution is 8.17. The molecule has 5 nitrogen and oxygen atoms in total. The van der Waals surface area contributed by atoms with Crippen LogP contribution in [0.1, 0.15) is 20.8 Å². The summed E-state index contributed by atoms with van der Waals surface area (Å²) in [5, 5.41) is 10.5. The second-order valence-electron chi connectivity index (χ2n) is 2.14. The molecule has 7 heteroatoms. The van der Waals surface area contributed by atoms with Crippen molar-refractivity contribution in [1.29, 1.82) is 0 Å². The van der Waals surface area contributed by atoms with Crippen LogP contribution in [0.5, 0.6) is 0 Å². The van der Waals surface area contributed by atoms with Crippen LogP contribution in [0.3, 0.4) is 0 Å². The monoisotopic (exact) mass is 267 g/mol. The van der Waals surface area contributed by atoms with E-state index in [1.807, 2.05) is 13.8 Å². The van der Waals surface area contributed by atoms with Crippen LogP contribution in [-0.4, -0.2) is 13.3 Å². The average molecular weight is 268 g/mol. The number of nitrogens with zero attached hydrogens (tertiary/aromatic N) is 1. The molecule has 0 saturated carbocycles. The van der Waals surface area contributed by atoms with Crippen molar-refractivity contribution < 1.29 is 13.3 Å². The lowest BCUT2D eigenvalue weighted by atomic mass is 10.3. The van der Waals surface area contributed by atoms with E-state index in [2.05, 4.69) is 6.58 Å². The highest BCUT2D eigenvalue weighted by Gasteiger charge is 2.26. The molecule has 0 aliphatic carbocycles. The molecule has 0 unspecified atom stereocenters. The van der Waals surface area contributed by atoms with Crippen molar-refractivity contribution in [2.75, 3.05) is 0 Å². The van der Waals surface area contributed by atoms with E-state index in [9.17, 15) is 18.5 Å². The van der Waals surface area contributed by atoms with Gasteiger partial charge in [0, 0.05) is 16.8 Å². The molecule has 0 radical (unpaired) electrons. The van der Waals surface area contributed by atoms with E-state index in [-0.39, 0.29) is 0 Å². The van der Waals surface area contributed by atoms with Gasteiger partial charge >= 0.3 is 0 Å².